The van der Waals surface area contributed by atoms with Crippen LogP contribution in [0.15, 0.2) is 24.3 Å². The van der Waals surface area contributed by atoms with Crippen molar-refractivity contribution in [2.45, 2.75) is 13.0 Å². The summed E-state index contributed by atoms with van der Waals surface area (Å²) in [4.78, 5) is 1.89. The predicted octanol–water partition coefficient (Wildman–Crippen LogP) is 2.22. The molecule has 0 amide bonds. The Morgan fingerprint density at radius 1 is 1.44 bits per heavy atom. The van der Waals surface area contributed by atoms with Crippen LogP contribution in [0.2, 0.25) is 5.02 Å². The molecular weight excluding hydrogens is 224 g/mol. The fourth-order valence-corrected chi connectivity index (χ4v) is 1.57. The molecule has 4 heteroatoms. The third kappa shape index (κ3) is 3.82. The second-order valence-electron chi connectivity index (χ2n) is 3.55. The highest BCUT2D eigenvalue weighted by atomic mass is 35.5. The zero-order valence-electron chi connectivity index (χ0n) is 9.23. The third-order valence-corrected chi connectivity index (χ3v) is 2.68. The molecule has 1 N–H and O–H groups in total. The van der Waals surface area contributed by atoms with E-state index in [1.54, 1.807) is 24.3 Å². The van der Waals surface area contributed by atoms with Crippen molar-refractivity contribution >= 4 is 11.6 Å². The highest BCUT2D eigenvalue weighted by Crippen LogP contribution is 2.17. The van der Waals surface area contributed by atoms with Crippen LogP contribution in [0.5, 0.6) is 0 Å². The van der Waals surface area contributed by atoms with Gasteiger partial charge in [0.25, 0.3) is 0 Å². The Morgan fingerprint density at radius 3 is 2.56 bits per heavy atom. The number of rotatable bonds is 5. The Labute approximate surface area is 101 Å². The summed E-state index contributed by atoms with van der Waals surface area (Å²) in [6.07, 6.45) is -0.578. The first-order valence-corrected chi connectivity index (χ1v) is 5.58. The maximum atomic E-state index is 9.95. The second-order valence-corrected chi connectivity index (χ2v) is 3.99. The highest BCUT2D eigenvalue weighted by molar-refractivity contribution is 6.30. The molecule has 1 atom stereocenters. The molecule has 0 aromatic heterocycles. The molecule has 16 heavy (non-hydrogen) atoms. The van der Waals surface area contributed by atoms with Crippen LogP contribution < -0.4 is 0 Å². The van der Waals surface area contributed by atoms with E-state index >= 15 is 0 Å². The molecule has 1 unspecified atom stereocenters. The van der Waals surface area contributed by atoms with Crippen LogP contribution in [0, 0.1) is 11.3 Å². The molecule has 0 aliphatic carbocycles. The van der Waals surface area contributed by atoms with Crippen LogP contribution in [0.3, 0.4) is 0 Å². The molecule has 0 heterocycles. The lowest BCUT2D eigenvalue weighted by molar-refractivity contribution is 0.123. The number of hydrogen-bond donors (Lipinski definition) is 1. The lowest BCUT2D eigenvalue weighted by Gasteiger charge is -2.20. The summed E-state index contributed by atoms with van der Waals surface area (Å²) in [5.74, 6) is 0. The fraction of sp³-hybridized carbons (Fsp3) is 0.417. The normalized spacial score (nSPS) is 12.4. The molecule has 0 saturated carbocycles. The van der Waals surface area contributed by atoms with E-state index in [9.17, 15) is 5.11 Å². The van der Waals surface area contributed by atoms with E-state index in [0.717, 1.165) is 12.1 Å². The molecule has 0 aliphatic heterocycles. The molecule has 1 aromatic rings. The summed E-state index contributed by atoms with van der Waals surface area (Å²) >= 11 is 5.76. The minimum absolute atomic E-state index is 0.334. The number of aliphatic hydroxyl groups is 1. The quantitative estimate of drug-likeness (QED) is 0.801. The van der Waals surface area contributed by atoms with Crippen molar-refractivity contribution in [3.05, 3.63) is 34.9 Å². The van der Waals surface area contributed by atoms with Gasteiger partial charge in [0.2, 0.25) is 0 Å². The summed E-state index contributed by atoms with van der Waals surface area (Å²) in [5.41, 5.74) is 0.820. The number of benzene rings is 1. The highest BCUT2D eigenvalue weighted by Gasteiger charge is 2.11. The summed E-state index contributed by atoms with van der Waals surface area (Å²) < 4.78 is 0. The van der Waals surface area contributed by atoms with Crippen molar-refractivity contribution in [3.8, 4) is 6.07 Å². The Kier molecular flexibility index (Phi) is 5.27. The fourth-order valence-electron chi connectivity index (χ4n) is 1.44. The maximum Gasteiger partial charge on any atom is 0.0917 e. The molecule has 0 spiro atoms. The van der Waals surface area contributed by atoms with Gasteiger partial charge >= 0.3 is 0 Å². The van der Waals surface area contributed by atoms with E-state index < -0.39 is 6.10 Å². The van der Waals surface area contributed by atoms with E-state index in [4.69, 9.17) is 16.9 Å². The molecule has 0 bridgehead atoms. The molecule has 0 fully saturated rings. The van der Waals surface area contributed by atoms with Gasteiger partial charge in [-0.3, -0.25) is 4.90 Å². The van der Waals surface area contributed by atoms with Crippen molar-refractivity contribution in [1.82, 2.24) is 4.90 Å². The topological polar surface area (TPSA) is 47.3 Å². The van der Waals surface area contributed by atoms with Crippen LogP contribution in [0.25, 0.3) is 0 Å². The number of hydrogen-bond acceptors (Lipinski definition) is 3. The van der Waals surface area contributed by atoms with Crippen molar-refractivity contribution in [2.24, 2.45) is 0 Å². The van der Waals surface area contributed by atoms with Crippen LogP contribution in [-0.4, -0.2) is 29.6 Å². The molecule has 3 nitrogen and oxygen atoms in total. The van der Waals surface area contributed by atoms with Crippen LogP contribution >= 0.6 is 11.6 Å². The average molecular weight is 239 g/mol. The number of nitriles is 1. The lowest BCUT2D eigenvalue weighted by atomic mass is 10.1. The van der Waals surface area contributed by atoms with E-state index in [1.165, 1.54) is 0 Å². The van der Waals surface area contributed by atoms with Crippen LogP contribution in [0.1, 0.15) is 18.6 Å². The smallest absolute Gasteiger partial charge is 0.0917 e. The van der Waals surface area contributed by atoms with Gasteiger partial charge in [0, 0.05) is 11.6 Å². The van der Waals surface area contributed by atoms with E-state index in [1.807, 2.05) is 11.8 Å². The summed E-state index contributed by atoms with van der Waals surface area (Å²) in [7, 11) is 0. The van der Waals surface area contributed by atoms with Gasteiger partial charge < -0.3 is 5.11 Å². The van der Waals surface area contributed by atoms with Gasteiger partial charge in [-0.25, -0.2) is 0 Å². The number of likely N-dealkylation sites (N-methyl/N-ethyl adjacent to an activating group) is 1. The number of halogens is 1. The van der Waals surface area contributed by atoms with Gasteiger partial charge in [0.05, 0.1) is 18.7 Å². The summed E-state index contributed by atoms with van der Waals surface area (Å²) in [5, 5.41) is 19.2. The Balaban J connectivity index is 2.60. The molecule has 0 radical (unpaired) electrons. The average Bonchev–Trinajstić information content (AvgIpc) is 2.29. The second kappa shape index (κ2) is 6.49. The SMILES string of the molecule is CCN(CC#N)CC(O)c1ccc(Cl)cc1. The molecular formula is C12H15ClN2O. The van der Waals surface area contributed by atoms with E-state index in [-0.39, 0.29) is 0 Å². The number of aliphatic hydroxyl groups excluding tert-OH is 1. The predicted molar refractivity (Wildman–Crippen MR) is 64.1 cm³/mol. The van der Waals surface area contributed by atoms with Crippen LogP contribution in [0.4, 0.5) is 0 Å². The number of nitrogens with zero attached hydrogens (tertiary/aromatic N) is 2. The van der Waals surface area contributed by atoms with Crippen molar-refractivity contribution in [1.29, 1.82) is 5.26 Å². The van der Waals surface area contributed by atoms with E-state index in [2.05, 4.69) is 6.07 Å². The Bertz CT molecular complexity index is 358. The minimum Gasteiger partial charge on any atom is -0.387 e. The summed E-state index contributed by atoms with van der Waals surface area (Å²) in [6, 6.07) is 9.18. The van der Waals surface area contributed by atoms with Gasteiger partial charge in [-0.2, -0.15) is 5.26 Å². The minimum atomic E-state index is -0.578. The monoisotopic (exact) mass is 238 g/mol. The summed E-state index contributed by atoms with van der Waals surface area (Å²) in [6.45, 7) is 3.51. The van der Waals surface area contributed by atoms with Crippen LogP contribution in [-0.2, 0) is 0 Å². The molecule has 1 rings (SSSR count). The zero-order chi connectivity index (χ0) is 12.0. The van der Waals surface area contributed by atoms with Gasteiger partial charge in [-0.05, 0) is 24.2 Å². The molecule has 1 aromatic carbocycles. The Hall–Kier alpha value is -1.08. The Morgan fingerprint density at radius 2 is 2.06 bits per heavy atom. The first-order valence-electron chi connectivity index (χ1n) is 5.20. The largest absolute Gasteiger partial charge is 0.387 e. The molecule has 0 saturated heterocycles. The van der Waals surface area contributed by atoms with E-state index in [0.29, 0.717) is 18.1 Å². The van der Waals surface area contributed by atoms with Crippen molar-refractivity contribution in [3.63, 3.8) is 0 Å². The standard InChI is InChI=1S/C12H15ClN2O/c1-2-15(8-7-14)9-12(16)10-3-5-11(13)6-4-10/h3-6,12,16H,2,8-9H2,1H3. The first kappa shape index (κ1) is 13.0. The molecule has 86 valence electrons. The van der Waals surface area contributed by atoms with Gasteiger partial charge in [-0.15, -0.1) is 0 Å². The lowest BCUT2D eigenvalue weighted by Crippen LogP contribution is -2.28. The van der Waals surface area contributed by atoms with Gasteiger partial charge in [0.1, 0.15) is 0 Å². The molecule has 0 aliphatic rings. The van der Waals surface area contributed by atoms with Crippen molar-refractivity contribution < 1.29 is 5.11 Å². The zero-order valence-corrected chi connectivity index (χ0v) is 9.98. The first-order chi connectivity index (χ1) is 7.67. The third-order valence-electron chi connectivity index (χ3n) is 2.43. The van der Waals surface area contributed by atoms with Crippen molar-refractivity contribution in [2.75, 3.05) is 19.6 Å². The maximum absolute atomic E-state index is 9.95. The van der Waals surface area contributed by atoms with Gasteiger partial charge in [0.15, 0.2) is 0 Å². The van der Waals surface area contributed by atoms with Gasteiger partial charge in [-0.1, -0.05) is 30.7 Å².